The Morgan fingerprint density at radius 2 is 0.826 bits per heavy atom. The monoisotopic (exact) mass is 914 g/mol. The molecule has 0 fully saturated rings. The van der Waals surface area contributed by atoms with Gasteiger partial charge in [0.2, 0.25) is 0 Å². The van der Waals surface area contributed by atoms with E-state index in [1.54, 1.807) is 49.4 Å². The van der Waals surface area contributed by atoms with Crippen molar-refractivity contribution in [1.82, 2.24) is 9.97 Å². The van der Waals surface area contributed by atoms with Gasteiger partial charge in [-0.25, -0.2) is 19.6 Å². The van der Waals surface area contributed by atoms with Crippen molar-refractivity contribution >= 4 is 111 Å². The maximum Gasteiger partial charge on any atom is 0.338 e. The minimum atomic E-state index is -0.352. The second-order valence-electron chi connectivity index (χ2n) is 17.1. The summed E-state index contributed by atoms with van der Waals surface area (Å²) < 4.78 is 23.9. The van der Waals surface area contributed by atoms with Crippen LogP contribution in [0.3, 0.4) is 0 Å². The fraction of sp³-hybridized carbons (Fsp3) is 0.0667. The van der Waals surface area contributed by atoms with Crippen molar-refractivity contribution in [3.05, 3.63) is 181 Å². The standard InChI is InChI=1S/C60H38N2O6S/c1-3-65-59(63)35-23-19-33(20-24-35)37-27-29-41-47(31-37)48-32-38(34-21-25-36(26-22-34)60(64)66-4-2)28-30-42(48)52-51(41)61-53-54(62-52)58(46-16-10-14-44-40-12-6-8-18-50(40)68-56(44)46)69-57(53)45-15-9-13-43-39-11-5-7-17-49(39)67-55(43)45/h5-32H,3-4H2,1-2H3. The highest BCUT2D eigenvalue weighted by molar-refractivity contribution is 7.21. The molecular weight excluding hydrogens is 877 g/mol. The summed E-state index contributed by atoms with van der Waals surface area (Å²) in [5.41, 5.74) is 13.0. The van der Waals surface area contributed by atoms with Gasteiger partial charge in [-0.2, -0.15) is 0 Å². The number of furan rings is 2. The first-order valence-corrected chi connectivity index (χ1v) is 23.8. The van der Waals surface area contributed by atoms with Crippen molar-refractivity contribution in [3.8, 4) is 43.1 Å². The highest BCUT2D eigenvalue weighted by Gasteiger charge is 2.26. The van der Waals surface area contributed by atoms with Gasteiger partial charge >= 0.3 is 11.9 Å². The number of ether oxygens (including phenoxy) is 2. The quantitative estimate of drug-likeness (QED) is 0.110. The third kappa shape index (κ3) is 6.49. The first-order valence-electron chi connectivity index (χ1n) is 22.9. The molecule has 69 heavy (non-hydrogen) atoms. The molecule has 0 aliphatic heterocycles. The second kappa shape index (κ2) is 16.0. The lowest BCUT2D eigenvalue weighted by Crippen LogP contribution is -2.04. The molecule has 0 bridgehead atoms. The van der Waals surface area contributed by atoms with Crippen molar-refractivity contribution in [2.45, 2.75) is 13.8 Å². The third-order valence-corrected chi connectivity index (χ3v) is 14.4. The van der Waals surface area contributed by atoms with Crippen LogP contribution in [0.1, 0.15) is 34.6 Å². The average Bonchev–Trinajstić information content (AvgIpc) is 4.10. The molecule has 0 radical (unpaired) electrons. The fourth-order valence-electron chi connectivity index (χ4n) is 9.88. The zero-order valence-electron chi connectivity index (χ0n) is 37.3. The number of hydrogen-bond acceptors (Lipinski definition) is 9. The molecule has 13 aromatic rings. The zero-order chi connectivity index (χ0) is 46.3. The summed E-state index contributed by atoms with van der Waals surface area (Å²) >= 11 is 1.65. The predicted molar refractivity (Wildman–Crippen MR) is 278 cm³/mol. The van der Waals surface area contributed by atoms with Crippen LogP contribution >= 0.6 is 11.3 Å². The van der Waals surface area contributed by atoms with E-state index in [1.165, 1.54) is 0 Å². The molecule has 9 heteroatoms. The Morgan fingerprint density at radius 3 is 1.26 bits per heavy atom. The normalized spacial score (nSPS) is 11.9. The van der Waals surface area contributed by atoms with Crippen molar-refractivity contribution in [3.63, 3.8) is 0 Å². The molecule has 13 rings (SSSR count). The number of nitrogens with zero attached hydrogens (tertiary/aromatic N) is 2. The van der Waals surface area contributed by atoms with Gasteiger partial charge in [-0.1, -0.05) is 109 Å². The average molecular weight is 915 g/mol. The maximum absolute atomic E-state index is 12.6. The third-order valence-electron chi connectivity index (χ3n) is 13.1. The van der Waals surface area contributed by atoms with Crippen molar-refractivity contribution in [2.24, 2.45) is 0 Å². The first kappa shape index (κ1) is 40.6. The largest absolute Gasteiger partial charge is 0.462 e. The van der Waals surface area contributed by atoms with Crippen LogP contribution in [0.2, 0.25) is 0 Å². The smallest absolute Gasteiger partial charge is 0.338 e. The maximum atomic E-state index is 12.6. The van der Waals surface area contributed by atoms with Crippen molar-refractivity contribution in [2.75, 3.05) is 13.2 Å². The number of thiophene rings is 1. The van der Waals surface area contributed by atoms with E-state index in [1.807, 2.05) is 60.7 Å². The van der Waals surface area contributed by atoms with Crippen molar-refractivity contribution in [1.29, 1.82) is 0 Å². The molecule has 0 atom stereocenters. The fourth-order valence-corrected chi connectivity index (χ4v) is 11.1. The van der Waals surface area contributed by atoms with Gasteiger partial charge in [0, 0.05) is 43.4 Å². The number of carbonyl (C=O) groups excluding carboxylic acids is 2. The van der Waals surface area contributed by atoms with Crippen LogP contribution < -0.4 is 0 Å². The Kier molecular flexibility index (Phi) is 9.42. The molecule has 0 aliphatic rings. The van der Waals surface area contributed by atoms with Crippen LogP contribution in [0.4, 0.5) is 0 Å². The molecule has 0 N–H and O–H groups in total. The van der Waals surface area contributed by atoms with Crippen LogP contribution in [-0.2, 0) is 9.47 Å². The number of fused-ring (bicyclic) bond motifs is 13. The van der Waals surface area contributed by atoms with Crippen molar-refractivity contribution < 1.29 is 27.9 Å². The SMILES string of the molecule is CCOC(=O)c1ccc(-c2ccc3c(c2)c2cc(-c4ccc(C(=O)OCC)cc4)ccc2c2nc4c(-c5cccc6c5oc5ccccc56)sc(-c5cccc6c5oc5ccccc56)c4nc32)cc1. The number of esters is 2. The summed E-state index contributed by atoms with van der Waals surface area (Å²) in [4.78, 5) is 38.5. The van der Waals surface area contributed by atoms with Crippen LogP contribution in [0.15, 0.2) is 179 Å². The molecule has 330 valence electrons. The van der Waals surface area contributed by atoms with Gasteiger partial charge in [0.05, 0.1) is 45.1 Å². The summed E-state index contributed by atoms with van der Waals surface area (Å²) in [6, 6.07) is 56.9. The van der Waals surface area contributed by atoms with E-state index >= 15 is 0 Å². The number of rotatable bonds is 8. The highest BCUT2D eigenvalue weighted by atomic mass is 32.1. The van der Waals surface area contributed by atoms with Crippen LogP contribution in [0, 0.1) is 0 Å². The molecule has 9 aromatic carbocycles. The van der Waals surface area contributed by atoms with E-state index in [-0.39, 0.29) is 11.9 Å². The molecular formula is C60H38N2O6S. The molecule has 0 saturated carbocycles. The summed E-state index contributed by atoms with van der Waals surface area (Å²) in [6.45, 7) is 4.22. The summed E-state index contributed by atoms with van der Waals surface area (Å²) in [5.74, 6) is -0.705. The van der Waals surface area contributed by atoms with E-state index in [4.69, 9.17) is 28.3 Å². The Bertz CT molecular complexity index is 3990. The lowest BCUT2D eigenvalue weighted by molar-refractivity contribution is 0.0517. The van der Waals surface area contributed by atoms with Gasteiger partial charge in [0.25, 0.3) is 0 Å². The summed E-state index contributed by atoms with van der Waals surface area (Å²) in [6.07, 6.45) is 0. The zero-order valence-corrected chi connectivity index (χ0v) is 38.1. The van der Waals surface area contributed by atoms with E-state index in [0.717, 1.165) is 131 Å². The second-order valence-corrected chi connectivity index (χ2v) is 18.1. The lowest BCUT2D eigenvalue weighted by Gasteiger charge is -2.14. The number of hydrogen-bond donors (Lipinski definition) is 0. The number of benzene rings is 9. The minimum absolute atomic E-state index is 0.306. The molecule has 0 unspecified atom stereocenters. The topological polar surface area (TPSA) is 105 Å². The summed E-state index contributed by atoms with van der Waals surface area (Å²) in [7, 11) is 0. The number of aromatic nitrogens is 2. The molecule has 8 nitrogen and oxygen atoms in total. The molecule has 4 aromatic heterocycles. The Labute approximate surface area is 398 Å². The van der Waals surface area contributed by atoms with Gasteiger partial charge < -0.3 is 18.3 Å². The molecule has 0 saturated heterocycles. The van der Waals surface area contributed by atoms with Crippen LogP contribution in [0.25, 0.3) is 131 Å². The van der Waals surface area contributed by atoms with Gasteiger partial charge in [-0.15, -0.1) is 11.3 Å². The minimum Gasteiger partial charge on any atom is -0.462 e. The van der Waals surface area contributed by atoms with E-state index in [0.29, 0.717) is 24.3 Å². The van der Waals surface area contributed by atoms with Gasteiger partial charge in [0.15, 0.2) is 0 Å². The van der Waals surface area contributed by atoms with Gasteiger partial charge in [0.1, 0.15) is 33.4 Å². The predicted octanol–water partition coefficient (Wildman–Crippen LogP) is 16.0. The Hall–Kier alpha value is -8.66. The highest BCUT2D eigenvalue weighted by Crippen LogP contribution is 2.50. The number of para-hydroxylation sites is 4. The van der Waals surface area contributed by atoms with E-state index < -0.39 is 0 Å². The Morgan fingerprint density at radius 1 is 0.420 bits per heavy atom. The molecule has 0 aliphatic carbocycles. The Balaban J connectivity index is 1.10. The van der Waals surface area contributed by atoms with Crippen LogP contribution in [-0.4, -0.2) is 35.1 Å². The van der Waals surface area contributed by atoms with E-state index in [9.17, 15) is 9.59 Å². The van der Waals surface area contributed by atoms with Gasteiger partial charge in [-0.3, -0.25) is 0 Å². The van der Waals surface area contributed by atoms with Gasteiger partial charge in [-0.05, 0) is 108 Å². The molecule has 0 amide bonds. The molecule has 0 spiro atoms. The first-order chi connectivity index (χ1) is 33.9. The number of carbonyl (C=O) groups is 2. The van der Waals surface area contributed by atoms with E-state index in [2.05, 4.69) is 84.9 Å². The van der Waals surface area contributed by atoms with Crippen LogP contribution in [0.5, 0.6) is 0 Å². The summed E-state index contributed by atoms with van der Waals surface area (Å²) in [5, 5.41) is 8.03. The molecule has 4 heterocycles. The lowest BCUT2D eigenvalue weighted by atomic mass is 9.93.